The maximum atomic E-state index is 14.3. The van der Waals surface area contributed by atoms with Gasteiger partial charge in [0.1, 0.15) is 6.04 Å². The molecule has 4 aromatic rings. The van der Waals surface area contributed by atoms with Crippen molar-refractivity contribution in [3.63, 3.8) is 0 Å². The van der Waals surface area contributed by atoms with Gasteiger partial charge in [0.25, 0.3) is 0 Å². The highest BCUT2D eigenvalue weighted by Gasteiger charge is 2.32. The Labute approximate surface area is 302 Å². The van der Waals surface area contributed by atoms with E-state index in [-0.39, 0.29) is 38.6 Å². The molecule has 0 aromatic heterocycles. The second kappa shape index (κ2) is 18.2. The number of nitriles is 1. The fourth-order valence-corrected chi connectivity index (χ4v) is 5.87. The SMILES string of the molecule is CN(CCOCc1cccc(C#N)c1)C(=O)[C@H](Cc1ccccc1)N(Cc1ccc(N2CCOCC2)cc1)C(=O)C=Cc1ccc(C(F)(F)F)cc1. The Hall–Kier alpha value is -5.44. The summed E-state index contributed by atoms with van der Waals surface area (Å²) in [6.45, 7) is 3.69. The molecular formula is C41H41F3N4O4. The number of halogens is 3. The van der Waals surface area contributed by atoms with E-state index in [4.69, 9.17) is 9.47 Å². The molecule has 0 aliphatic carbocycles. The van der Waals surface area contributed by atoms with Gasteiger partial charge in [-0.3, -0.25) is 9.59 Å². The summed E-state index contributed by atoms with van der Waals surface area (Å²) in [7, 11) is 1.66. The first-order valence-electron chi connectivity index (χ1n) is 17.0. The average Bonchev–Trinajstić information content (AvgIpc) is 3.17. The molecule has 0 saturated carbocycles. The van der Waals surface area contributed by atoms with Crippen LogP contribution >= 0.6 is 0 Å². The number of benzene rings is 4. The Morgan fingerprint density at radius 3 is 2.29 bits per heavy atom. The third-order valence-corrected chi connectivity index (χ3v) is 8.81. The standard InChI is InChI=1S/C41H41F3N4O4/c1-46(20-23-52-30-35-9-5-8-34(26-35)28-45)40(50)38(27-32-6-3-2-4-7-32)48(29-33-12-17-37(18-13-33)47-21-24-51-25-22-47)39(49)19-14-31-10-15-36(16-11-31)41(42,43)44/h2-19,26,38H,20-25,27,29-30H2,1H3/t38-/m0/s1. The second-order valence-electron chi connectivity index (χ2n) is 12.5. The third kappa shape index (κ3) is 10.8. The molecule has 2 amide bonds. The van der Waals surface area contributed by atoms with Crippen molar-refractivity contribution in [1.29, 1.82) is 5.26 Å². The number of hydrogen-bond acceptors (Lipinski definition) is 6. The molecule has 1 heterocycles. The number of anilines is 1. The number of amides is 2. The maximum Gasteiger partial charge on any atom is 0.416 e. The van der Waals surface area contributed by atoms with Crippen LogP contribution in [0, 0.1) is 11.3 Å². The molecule has 5 rings (SSSR count). The summed E-state index contributed by atoms with van der Waals surface area (Å²) in [5.41, 5.74) is 3.70. The Bertz CT molecular complexity index is 1840. The van der Waals surface area contributed by atoms with E-state index in [0.29, 0.717) is 24.3 Å². The quantitative estimate of drug-likeness (QED) is 0.107. The fourth-order valence-electron chi connectivity index (χ4n) is 5.87. The van der Waals surface area contributed by atoms with Crippen molar-refractivity contribution < 1.29 is 32.2 Å². The predicted octanol–water partition coefficient (Wildman–Crippen LogP) is 6.74. The Balaban J connectivity index is 1.38. The molecule has 1 aliphatic rings. The van der Waals surface area contributed by atoms with Gasteiger partial charge in [-0.25, -0.2) is 0 Å². The topological polar surface area (TPSA) is 86.1 Å². The molecule has 4 aromatic carbocycles. The van der Waals surface area contributed by atoms with Crippen molar-refractivity contribution in [3.8, 4) is 6.07 Å². The first-order valence-corrected chi connectivity index (χ1v) is 17.0. The van der Waals surface area contributed by atoms with Crippen LogP contribution in [0.15, 0.2) is 109 Å². The zero-order valence-corrected chi connectivity index (χ0v) is 29.0. The molecule has 0 bridgehead atoms. The highest BCUT2D eigenvalue weighted by Crippen LogP contribution is 2.29. The minimum absolute atomic E-state index is 0.113. The van der Waals surface area contributed by atoms with Crippen LogP contribution in [0.1, 0.15) is 33.4 Å². The normalized spacial score (nSPS) is 13.8. The van der Waals surface area contributed by atoms with Crippen molar-refractivity contribution in [1.82, 2.24) is 9.80 Å². The van der Waals surface area contributed by atoms with Crippen molar-refractivity contribution in [2.75, 3.05) is 51.4 Å². The molecule has 1 saturated heterocycles. The predicted molar refractivity (Wildman–Crippen MR) is 193 cm³/mol. The van der Waals surface area contributed by atoms with E-state index in [1.165, 1.54) is 29.2 Å². The summed E-state index contributed by atoms with van der Waals surface area (Å²) in [6.07, 6.45) is -1.48. The molecule has 1 aliphatic heterocycles. The Kier molecular flexibility index (Phi) is 13.2. The van der Waals surface area contributed by atoms with Crippen LogP contribution in [0.2, 0.25) is 0 Å². The highest BCUT2D eigenvalue weighted by molar-refractivity contribution is 5.95. The van der Waals surface area contributed by atoms with Gasteiger partial charge in [0, 0.05) is 51.4 Å². The van der Waals surface area contributed by atoms with Crippen LogP contribution < -0.4 is 4.90 Å². The summed E-state index contributed by atoms with van der Waals surface area (Å²) >= 11 is 0. The first-order chi connectivity index (χ1) is 25.1. The summed E-state index contributed by atoms with van der Waals surface area (Å²) in [6, 6.07) is 30.1. The average molecular weight is 711 g/mol. The van der Waals surface area contributed by atoms with Crippen molar-refractivity contribution >= 4 is 23.6 Å². The first kappa shape index (κ1) is 37.8. The summed E-state index contributed by atoms with van der Waals surface area (Å²) in [5.74, 6) is -0.756. The lowest BCUT2D eigenvalue weighted by Gasteiger charge is -2.33. The van der Waals surface area contributed by atoms with E-state index >= 15 is 0 Å². The summed E-state index contributed by atoms with van der Waals surface area (Å²) in [4.78, 5) is 33.7. The van der Waals surface area contributed by atoms with Gasteiger partial charge >= 0.3 is 6.18 Å². The maximum absolute atomic E-state index is 14.3. The number of nitrogens with zero attached hydrogens (tertiary/aromatic N) is 4. The number of carbonyl (C=O) groups is 2. The molecule has 1 atom stereocenters. The smallest absolute Gasteiger partial charge is 0.378 e. The van der Waals surface area contributed by atoms with Gasteiger partial charge in [-0.2, -0.15) is 18.4 Å². The molecule has 0 radical (unpaired) electrons. The van der Waals surface area contributed by atoms with E-state index in [9.17, 15) is 28.0 Å². The van der Waals surface area contributed by atoms with Crippen LogP contribution in [-0.4, -0.2) is 74.2 Å². The number of ether oxygens (including phenoxy) is 2. The van der Waals surface area contributed by atoms with Gasteiger partial charge in [-0.15, -0.1) is 0 Å². The van der Waals surface area contributed by atoms with Gasteiger partial charge in [-0.1, -0.05) is 66.7 Å². The molecule has 0 unspecified atom stereocenters. The lowest BCUT2D eigenvalue weighted by Crippen LogP contribution is -2.51. The van der Waals surface area contributed by atoms with Gasteiger partial charge in [0.15, 0.2) is 0 Å². The summed E-state index contributed by atoms with van der Waals surface area (Å²) in [5, 5.41) is 9.19. The molecule has 52 heavy (non-hydrogen) atoms. The largest absolute Gasteiger partial charge is 0.416 e. The van der Waals surface area contributed by atoms with E-state index in [2.05, 4.69) is 11.0 Å². The van der Waals surface area contributed by atoms with Gasteiger partial charge < -0.3 is 24.2 Å². The number of likely N-dealkylation sites (N-methyl/N-ethyl adjacent to an activating group) is 1. The lowest BCUT2D eigenvalue weighted by atomic mass is 10.0. The van der Waals surface area contributed by atoms with Crippen molar-refractivity contribution in [2.24, 2.45) is 0 Å². The van der Waals surface area contributed by atoms with Gasteiger partial charge in [0.05, 0.1) is 43.6 Å². The minimum atomic E-state index is -4.48. The second-order valence-corrected chi connectivity index (χ2v) is 12.5. The van der Waals surface area contributed by atoms with Crippen LogP contribution in [0.3, 0.4) is 0 Å². The van der Waals surface area contributed by atoms with Gasteiger partial charge in [0.2, 0.25) is 11.8 Å². The third-order valence-electron chi connectivity index (χ3n) is 8.81. The monoisotopic (exact) mass is 710 g/mol. The van der Waals surface area contributed by atoms with Crippen molar-refractivity contribution in [2.45, 2.75) is 31.8 Å². The van der Waals surface area contributed by atoms with Crippen LogP contribution in [0.25, 0.3) is 6.08 Å². The zero-order valence-electron chi connectivity index (χ0n) is 29.0. The number of morpholine rings is 1. The Morgan fingerprint density at radius 1 is 0.923 bits per heavy atom. The zero-order chi connectivity index (χ0) is 36.9. The van der Waals surface area contributed by atoms with E-state index in [0.717, 1.165) is 47.6 Å². The molecule has 8 nitrogen and oxygen atoms in total. The molecule has 0 spiro atoms. The fraction of sp³-hybridized carbons (Fsp3) is 0.293. The highest BCUT2D eigenvalue weighted by atomic mass is 19.4. The van der Waals surface area contributed by atoms with Crippen LogP contribution in [0.4, 0.5) is 18.9 Å². The molecule has 11 heteroatoms. The van der Waals surface area contributed by atoms with E-state index in [1.807, 2.05) is 60.7 Å². The lowest BCUT2D eigenvalue weighted by molar-refractivity contribution is -0.143. The number of hydrogen-bond donors (Lipinski definition) is 0. The number of rotatable bonds is 14. The van der Waals surface area contributed by atoms with E-state index in [1.54, 1.807) is 30.1 Å². The molecule has 270 valence electrons. The number of carbonyl (C=O) groups excluding carboxylic acids is 2. The molecule has 1 fully saturated rings. The van der Waals surface area contributed by atoms with Crippen molar-refractivity contribution in [3.05, 3.63) is 143 Å². The minimum Gasteiger partial charge on any atom is -0.378 e. The molecular weight excluding hydrogens is 669 g/mol. The Morgan fingerprint density at radius 2 is 1.62 bits per heavy atom. The van der Waals surface area contributed by atoms with Gasteiger partial charge in [-0.05, 0) is 64.7 Å². The molecule has 0 N–H and O–H groups in total. The number of alkyl halides is 3. The van der Waals surface area contributed by atoms with Crippen LogP contribution in [-0.2, 0) is 44.8 Å². The van der Waals surface area contributed by atoms with Crippen LogP contribution in [0.5, 0.6) is 0 Å². The van der Waals surface area contributed by atoms with E-state index < -0.39 is 23.7 Å². The summed E-state index contributed by atoms with van der Waals surface area (Å²) < 4.78 is 50.8.